The maximum absolute atomic E-state index is 13.7. The lowest BCUT2D eigenvalue weighted by Gasteiger charge is -2.36. The molecule has 168 valence electrons. The Morgan fingerprint density at radius 2 is 1.61 bits per heavy atom. The molecule has 0 radical (unpaired) electrons. The van der Waals surface area contributed by atoms with Crippen LogP contribution in [0.25, 0.3) is 17.1 Å². The van der Waals surface area contributed by atoms with Crippen LogP contribution in [0.1, 0.15) is 16.1 Å². The zero-order valence-corrected chi connectivity index (χ0v) is 19.5. The van der Waals surface area contributed by atoms with E-state index in [0.717, 1.165) is 24.5 Å². The minimum atomic E-state index is -0.0349. The fourth-order valence-corrected chi connectivity index (χ4v) is 4.64. The lowest BCUT2D eigenvalue weighted by molar-refractivity contribution is 0.0737. The van der Waals surface area contributed by atoms with Crippen LogP contribution >= 0.6 is 11.6 Å². The Bertz CT molecular complexity index is 1300. The SMILES string of the molecule is Cc1ccccc1N1CCN(C(=O)c2cc(-c3cccn3C)nn2-c2ccccc2Cl)CC1. The third-order valence-electron chi connectivity index (χ3n) is 6.24. The van der Waals surface area contributed by atoms with Crippen molar-refractivity contribution in [1.82, 2.24) is 19.2 Å². The number of amides is 1. The van der Waals surface area contributed by atoms with Crippen LogP contribution in [0.2, 0.25) is 5.02 Å². The van der Waals surface area contributed by atoms with Gasteiger partial charge in [-0.15, -0.1) is 0 Å². The minimum absolute atomic E-state index is 0.0349. The predicted molar refractivity (Wildman–Crippen MR) is 132 cm³/mol. The summed E-state index contributed by atoms with van der Waals surface area (Å²) >= 11 is 6.49. The third-order valence-corrected chi connectivity index (χ3v) is 6.56. The molecule has 33 heavy (non-hydrogen) atoms. The molecule has 0 bridgehead atoms. The van der Waals surface area contributed by atoms with Gasteiger partial charge in [-0.25, -0.2) is 4.68 Å². The Kier molecular flexibility index (Phi) is 5.68. The summed E-state index contributed by atoms with van der Waals surface area (Å²) < 4.78 is 3.68. The largest absolute Gasteiger partial charge is 0.368 e. The van der Waals surface area contributed by atoms with Gasteiger partial charge in [0, 0.05) is 45.1 Å². The first-order valence-electron chi connectivity index (χ1n) is 11.1. The van der Waals surface area contributed by atoms with Gasteiger partial charge < -0.3 is 14.4 Å². The highest BCUT2D eigenvalue weighted by Crippen LogP contribution is 2.27. The standard InChI is InChI=1S/C26H26ClN5O/c1-19-8-3-5-10-22(19)30-14-16-31(17-15-30)26(33)25-18-21(24-12-7-13-29(24)2)28-32(25)23-11-6-4-9-20(23)27/h3-13,18H,14-17H2,1-2H3. The molecule has 4 aromatic rings. The number of hydrogen-bond donors (Lipinski definition) is 0. The number of anilines is 1. The number of nitrogens with zero attached hydrogens (tertiary/aromatic N) is 5. The molecule has 0 aliphatic carbocycles. The maximum Gasteiger partial charge on any atom is 0.272 e. The van der Waals surface area contributed by atoms with Crippen LogP contribution < -0.4 is 4.90 Å². The van der Waals surface area contributed by atoms with Crippen LogP contribution in [0.3, 0.4) is 0 Å². The molecule has 2 aromatic heterocycles. The molecule has 2 aromatic carbocycles. The molecule has 1 amide bonds. The molecule has 1 fully saturated rings. The van der Waals surface area contributed by atoms with E-state index >= 15 is 0 Å². The Labute approximate surface area is 198 Å². The summed E-state index contributed by atoms with van der Waals surface area (Å²) in [4.78, 5) is 17.9. The average Bonchev–Trinajstić information content (AvgIpc) is 3.45. The molecular formula is C26H26ClN5O. The van der Waals surface area contributed by atoms with Crippen LogP contribution in [-0.2, 0) is 7.05 Å². The summed E-state index contributed by atoms with van der Waals surface area (Å²) in [5, 5.41) is 5.34. The molecule has 0 atom stereocenters. The van der Waals surface area contributed by atoms with Crippen molar-refractivity contribution >= 4 is 23.2 Å². The first-order chi connectivity index (χ1) is 16.0. The lowest BCUT2D eigenvalue weighted by Crippen LogP contribution is -2.49. The second-order valence-electron chi connectivity index (χ2n) is 8.35. The van der Waals surface area contributed by atoms with Crippen LogP contribution in [0.5, 0.6) is 0 Å². The number of halogens is 1. The summed E-state index contributed by atoms with van der Waals surface area (Å²) in [7, 11) is 1.97. The summed E-state index contributed by atoms with van der Waals surface area (Å²) in [6, 6.07) is 21.7. The Balaban J connectivity index is 1.45. The van der Waals surface area contributed by atoms with Gasteiger partial charge in [-0.05, 0) is 48.9 Å². The molecule has 1 saturated heterocycles. The fourth-order valence-electron chi connectivity index (χ4n) is 4.42. The monoisotopic (exact) mass is 459 g/mol. The van der Waals surface area contributed by atoms with Crippen molar-refractivity contribution in [3.63, 3.8) is 0 Å². The topological polar surface area (TPSA) is 46.3 Å². The number of carbonyl (C=O) groups excluding carboxylic acids is 1. The van der Waals surface area contributed by atoms with Crippen LogP contribution in [0.15, 0.2) is 72.9 Å². The number of carbonyl (C=O) groups is 1. The van der Waals surface area contributed by atoms with E-state index in [2.05, 4.69) is 36.1 Å². The van der Waals surface area contributed by atoms with E-state index in [1.165, 1.54) is 11.3 Å². The number of rotatable bonds is 4. The van der Waals surface area contributed by atoms with E-state index in [9.17, 15) is 4.79 Å². The summed E-state index contributed by atoms with van der Waals surface area (Å²) in [5.74, 6) is -0.0349. The molecular weight excluding hydrogens is 434 g/mol. The van der Waals surface area contributed by atoms with Gasteiger partial charge in [0.2, 0.25) is 0 Å². The molecule has 1 aliphatic heterocycles. The molecule has 0 N–H and O–H groups in total. The van der Waals surface area contributed by atoms with Crippen molar-refractivity contribution < 1.29 is 4.79 Å². The van der Waals surface area contributed by atoms with E-state index < -0.39 is 0 Å². The van der Waals surface area contributed by atoms with Crippen LogP contribution in [0, 0.1) is 6.92 Å². The van der Waals surface area contributed by atoms with Gasteiger partial charge in [0.15, 0.2) is 0 Å². The second kappa shape index (κ2) is 8.79. The number of para-hydroxylation sites is 2. The maximum atomic E-state index is 13.7. The van der Waals surface area contributed by atoms with Gasteiger partial charge >= 0.3 is 0 Å². The second-order valence-corrected chi connectivity index (χ2v) is 8.76. The van der Waals surface area contributed by atoms with Gasteiger partial charge in [-0.2, -0.15) is 5.10 Å². The van der Waals surface area contributed by atoms with Gasteiger partial charge in [-0.1, -0.05) is 41.9 Å². The highest BCUT2D eigenvalue weighted by molar-refractivity contribution is 6.32. The Morgan fingerprint density at radius 1 is 0.909 bits per heavy atom. The molecule has 6 nitrogen and oxygen atoms in total. The van der Waals surface area contributed by atoms with Gasteiger partial charge in [0.25, 0.3) is 5.91 Å². The van der Waals surface area contributed by atoms with E-state index in [-0.39, 0.29) is 5.91 Å². The fraction of sp³-hybridized carbons (Fsp3) is 0.231. The predicted octanol–water partition coefficient (Wildman–Crippen LogP) is 4.80. The number of hydrogen-bond acceptors (Lipinski definition) is 3. The van der Waals surface area contributed by atoms with Crippen molar-refractivity contribution in [2.24, 2.45) is 7.05 Å². The Morgan fingerprint density at radius 3 is 2.27 bits per heavy atom. The van der Waals surface area contributed by atoms with Crippen molar-refractivity contribution in [3.05, 3.63) is 89.2 Å². The number of piperazine rings is 1. The molecule has 0 spiro atoms. The zero-order chi connectivity index (χ0) is 22.9. The summed E-state index contributed by atoms with van der Waals surface area (Å²) in [5.41, 5.74) is 5.38. The van der Waals surface area contributed by atoms with E-state index in [0.29, 0.717) is 29.5 Å². The lowest BCUT2D eigenvalue weighted by atomic mass is 10.1. The third kappa shape index (κ3) is 4.02. The highest BCUT2D eigenvalue weighted by atomic mass is 35.5. The van der Waals surface area contributed by atoms with Crippen molar-refractivity contribution in [2.45, 2.75) is 6.92 Å². The molecule has 5 rings (SSSR count). The normalized spacial score (nSPS) is 14.0. The first-order valence-corrected chi connectivity index (χ1v) is 11.5. The Hall–Kier alpha value is -3.51. The van der Waals surface area contributed by atoms with E-state index in [4.69, 9.17) is 16.7 Å². The average molecular weight is 460 g/mol. The minimum Gasteiger partial charge on any atom is -0.368 e. The highest BCUT2D eigenvalue weighted by Gasteiger charge is 2.27. The summed E-state index contributed by atoms with van der Waals surface area (Å²) in [6.07, 6.45) is 1.97. The molecule has 0 unspecified atom stereocenters. The van der Waals surface area contributed by atoms with E-state index in [1.807, 2.05) is 65.2 Å². The first kappa shape index (κ1) is 21.3. The molecule has 1 aliphatic rings. The molecule has 3 heterocycles. The quantitative estimate of drug-likeness (QED) is 0.440. The van der Waals surface area contributed by atoms with Crippen molar-refractivity contribution in [3.8, 4) is 17.1 Å². The van der Waals surface area contributed by atoms with Gasteiger partial charge in [0.1, 0.15) is 11.4 Å². The number of benzene rings is 2. The van der Waals surface area contributed by atoms with Gasteiger partial charge in [0.05, 0.1) is 16.4 Å². The summed E-state index contributed by atoms with van der Waals surface area (Å²) in [6.45, 7) is 5.02. The van der Waals surface area contributed by atoms with Gasteiger partial charge in [-0.3, -0.25) is 4.79 Å². The molecule has 0 saturated carbocycles. The van der Waals surface area contributed by atoms with Crippen LogP contribution in [0.4, 0.5) is 5.69 Å². The van der Waals surface area contributed by atoms with Crippen LogP contribution in [-0.4, -0.2) is 51.3 Å². The van der Waals surface area contributed by atoms with E-state index in [1.54, 1.807) is 4.68 Å². The van der Waals surface area contributed by atoms with Crippen molar-refractivity contribution in [1.29, 1.82) is 0 Å². The zero-order valence-electron chi connectivity index (χ0n) is 18.8. The number of aryl methyl sites for hydroxylation is 2. The van der Waals surface area contributed by atoms with Crippen molar-refractivity contribution in [2.75, 3.05) is 31.1 Å². The number of aromatic nitrogens is 3. The molecule has 7 heteroatoms. The smallest absolute Gasteiger partial charge is 0.272 e.